The molecule has 3 aromatic rings. The summed E-state index contributed by atoms with van der Waals surface area (Å²) in [4.78, 5) is 2.40. The molecular formula is C22H27N5. The number of hydrogen-bond donors (Lipinski definition) is 0. The van der Waals surface area contributed by atoms with E-state index in [0.717, 1.165) is 24.4 Å². The zero-order chi connectivity index (χ0) is 19.2. The molecule has 1 unspecified atom stereocenters. The van der Waals surface area contributed by atoms with Crippen LogP contribution < -0.4 is 0 Å². The maximum Gasteiger partial charge on any atom is 0.178 e. The highest BCUT2D eigenvalue weighted by Crippen LogP contribution is 2.40. The van der Waals surface area contributed by atoms with Crippen LogP contribution in [0.2, 0.25) is 0 Å². The number of para-hydroxylation sites is 1. The smallest absolute Gasteiger partial charge is 0.178 e. The van der Waals surface area contributed by atoms with Crippen LogP contribution in [0, 0.1) is 6.92 Å². The van der Waals surface area contributed by atoms with E-state index in [2.05, 4.69) is 97.6 Å². The maximum atomic E-state index is 4.51. The van der Waals surface area contributed by atoms with Crippen molar-refractivity contribution in [1.29, 1.82) is 0 Å². The summed E-state index contributed by atoms with van der Waals surface area (Å²) in [6.45, 7) is 8.88. The van der Waals surface area contributed by atoms with E-state index in [1.54, 1.807) is 0 Å². The monoisotopic (exact) mass is 361 g/mol. The van der Waals surface area contributed by atoms with Crippen LogP contribution >= 0.6 is 0 Å². The van der Waals surface area contributed by atoms with Gasteiger partial charge >= 0.3 is 0 Å². The molecule has 2 aromatic carbocycles. The van der Waals surface area contributed by atoms with Crippen molar-refractivity contribution < 1.29 is 0 Å². The van der Waals surface area contributed by atoms with E-state index < -0.39 is 0 Å². The lowest BCUT2D eigenvalue weighted by molar-refractivity contribution is 0.0993. The molecule has 140 valence electrons. The predicted molar refractivity (Wildman–Crippen MR) is 107 cm³/mol. The fourth-order valence-electron chi connectivity index (χ4n) is 4.25. The Labute approximate surface area is 161 Å². The molecule has 0 N–H and O–H groups in total. The molecule has 0 radical (unpaired) electrons. The summed E-state index contributed by atoms with van der Waals surface area (Å²) < 4.78 is 1.95. The molecule has 0 saturated heterocycles. The minimum Gasteiger partial charge on any atom is -0.287 e. The van der Waals surface area contributed by atoms with Crippen LogP contribution in [0.1, 0.15) is 54.9 Å². The van der Waals surface area contributed by atoms with Gasteiger partial charge in [-0.1, -0.05) is 49.4 Å². The molecule has 1 aromatic heterocycles. The Morgan fingerprint density at radius 1 is 1.11 bits per heavy atom. The van der Waals surface area contributed by atoms with Crippen molar-refractivity contribution in [1.82, 2.24) is 25.1 Å². The van der Waals surface area contributed by atoms with Crippen LogP contribution in [0.4, 0.5) is 0 Å². The largest absolute Gasteiger partial charge is 0.287 e. The van der Waals surface area contributed by atoms with Gasteiger partial charge < -0.3 is 0 Å². The normalized spacial score (nSPS) is 19.1. The van der Waals surface area contributed by atoms with E-state index in [-0.39, 0.29) is 11.6 Å². The lowest BCUT2D eigenvalue weighted by Gasteiger charge is -2.45. The first-order valence-electron chi connectivity index (χ1n) is 9.62. The van der Waals surface area contributed by atoms with E-state index in [1.165, 1.54) is 22.3 Å². The molecule has 1 aliphatic heterocycles. The van der Waals surface area contributed by atoms with Gasteiger partial charge in [0, 0.05) is 5.54 Å². The highest BCUT2D eigenvalue weighted by molar-refractivity contribution is 5.48. The van der Waals surface area contributed by atoms with Crippen molar-refractivity contribution in [2.75, 3.05) is 7.05 Å². The van der Waals surface area contributed by atoms with Gasteiger partial charge in [-0.15, -0.1) is 5.10 Å². The molecule has 0 spiro atoms. The molecule has 27 heavy (non-hydrogen) atoms. The van der Waals surface area contributed by atoms with Crippen molar-refractivity contribution >= 4 is 0 Å². The highest BCUT2D eigenvalue weighted by atomic mass is 15.6. The van der Waals surface area contributed by atoms with Gasteiger partial charge in [-0.25, -0.2) is 0 Å². The molecule has 2 heterocycles. The quantitative estimate of drug-likeness (QED) is 0.710. The topological polar surface area (TPSA) is 46.8 Å². The molecule has 5 heteroatoms. The Kier molecular flexibility index (Phi) is 4.35. The van der Waals surface area contributed by atoms with Crippen molar-refractivity contribution in [3.05, 3.63) is 70.5 Å². The minimum atomic E-state index is 0.0178. The molecule has 1 aliphatic rings. The first-order valence-corrected chi connectivity index (χ1v) is 9.62. The van der Waals surface area contributed by atoms with Crippen LogP contribution in [0.3, 0.4) is 0 Å². The average molecular weight is 361 g/mol. The standard InChI is InChI=1S/C22H27N5/c1-6-16-12-9-10-15(2)19(16)27-21(23-24-25-27)20-18-13-8-7-11-17(18)14-22(3,4)26(20)5/h7-13,20H,6,14H2,1-5H3. The summed E-state index contributed by atoms with van der Waals surface area (Å²) in [6.07, 6.45) is 1.96. The average Bonchev–Trinajstić information content (AvgIpc) is 3.11. The number of aromatic nitrogens is 4. The fourth-order valence-corrected chi connectivity index (χ4v) is 4.25. The molecule has 5 nitrogen and oxygen atoms in total. The van der Waals surface area contributed by atoms with Gasteiger partial charge in [0.1, 0.15) is 0 Å². The molecular weight excluding hydrogens is 334 g/mol. The first-order chi connectivity index (χ1) is 12.9. The summed E-state index contributed by atoms with van der Waals surface area (Å²) >= 11 is 0. The number of hydrogen-bond acceptors (Lipinski definition) is 4. The van der Waals surface area contributed by atoms with Gasteiger partial charge in [0.05, 0.1) is 11.7 Å². The number of tetrazole rings is 1. The fraction of sp³-hybridized carbons (Fsp3) is 0.409. The van der Waals surface area contributed by atoms with Crippen LogP contribution in [-0.4, -0.2) is 37.7 Å². The lowest BCUT2D eigenvalue weighted by atomic mass is 9.81. The third-order valence-corrected chi connectivity index (χ3v) is 5.97. The van der Waals surface area contributed by atoms with E-state index in [4.69, 9.17) is 0 Å². The van der Waals surface area contributed by atoms with Crippen molar-refractivity contribution in [2.24, 2.45) is 0 Å². The summed E-state index contributed by atoms with van der Waals surface area (Å²) in [5, 5.41) is 13.0. The Balaban J connectivity index is 1.93. The molecule has 1 atom stereocenters. The molecule has 0 amide bonds. The third-order valence-electron chi connectivity index (χ3n) is 5.97. The third kappa shape index (κ3) is 2.86. The van der Waals surface area contributed by atoms with Gasteiger partial charge in [0.25, 0.3) is 0 Å². The number of nitrogens with zero attached hydrogens (tertiary/aromatic N) is 5. The first kappa shape index (κ1) is 17.9. The lowest BCUT2D eigenvalue weighted by Crippen LogP contribution is -2.49. The van der Waals surface area contributed by atoms with Gasteiger partial charge in [-0.05, 0) is 73.3 Å². The minimum absolute atomic E-state index is 0.0178. The molecule has 4 rings (SSSR count). The second kappa shape index (κ2) is 6.57. The number of likely N-dealkylation sites (N-methyl/N-ethyl adjacent to an activating group) is 1. The summed E-state index contributed by atoms with van der Waals surface area (Å²) in [6, 6.07) is 15.1. The maximum absolute atomic E-state index is 4.51. The molecule has 0 fully saturated rings. The van der Waals surface area contributed by atoms with E-state index in [0.29, 0.717) is 0 Å². The zero-order valence-corrected chi connectivity index (χ0v) is 16.8. The second-order valence-electron chi connectivity index (χ2n) is 8.09. The van der Waals surface area contributed by atoms with Crippen LogP contribution in [0.5, 0.6) is 0 Å². The number of fused-ring (bicyclic) bond motifs is 1. The van der Waals surface area contributed by atoms with Crippen LogP contribution in [-0.2, 0) is 12.8 Å². The zero-order valence-electron chi connectivity index (χ0n) is 16.8. The number of benzene rings is 2. The predicted octanol–water partition coefficient (Wildman–Crippen LogP) is 3.89. The Hall–Kier alpha value is -2.53. The van der Waals surface area contributed by atoms with Gasteiger partial charge in [-0.2, -0.15) is 4.68 Å². The van der Waals surface area contributed by atoms with Crippen LogP contribution in [0.15, 0.2) is 42.5 Å². The van der Waals surface area contributed by atoms with Gasteiger partial charge in [0.2, 0.25) is 0 Å². The Morgan fingerprint density at radius 2 is 1.89 bits per heavy atom. The SMILES string of the molecule is CCc1cccc(C)c1-n1nnnc1C1c2ccccc2CC(C)(C)N1C. The van der Waals surface area contributed by atoms with Gasteiger partial charge in [-0.3, -0.25) is 4.90 Å². The van der Waals surface area contributed by atoms with E-state index in [9.17, 15) is 0 Å². The Bertz CT molecular complexity index is 972. The van der Waals surface area contributed by atoms with Crippen molar-refractivity contribution in [3.8, 4) is 5.69 Å². The molecule has 0 bridgehead atoms. The van der Waals surface area contributed by atoms with Crippen molar-refractivity contribution in [2.45, 2.75) is 52.1 Å². The second-order valence-corrected chi connectivity index (χ2v) is 8.09. The number of aryl methyl sites for hydroxylation is 2. The molecule has 0 aliphatic carbocycles. The van der Waals surface area contributed by atoms with E-state index in [1.807, 2.05) is 4.68 Å². The van der Waals surface area contributed by atoms with Crippen molar-refractivity contribution in [3.63, 3.8) is 0 Å². The summed E-state index contributed by atoms with van der Waals surface area (Å²) in [5.41, 5.74) is 6.25. The van der Waals surface area contributed by atoms with E-state index >= 15 is 0 Å². The van der Waals surface area contributed by atoms with Gasteiger partial charge in [0.15, 0.2) is 5.82 Å². The highest BCUT2D eigenvalue weighted by Gasteiger charge is 2.40. The van der Waals surface area contributed by atoms with Crippen LogP contribution in [0.25, 0.3) is 5.69 Å². The summed E-state index contributed by atoms with van der Waals surface area (Å²) in [7, 11) is 2.18. The Morgan fingerprint density at radius 3 is 2.67 bits per heavy atom. The summed E-state index contributed by atoms with van der Waals surface area (Å²) in [5.74, 6) is 0.877. The molecule has 0 saturated carbocycles. The number of rotatable bonds is 3.